The van der Waals surface area contributed by atoms with Crippen LogP contribution in [0.2, 0.25) is 0 Å². The molecule has 0 aliphatic heterocycles. The lowest BCUT2D eigenvalue weighted by atomic mass is 10.0. The Morgan fingerprint density at radius 2 is 1.71 bits per heavy atom. The van der Waals surface area contributed by atoms with Crippen molar-refractivity contribution in [2.45, 2.75) is 13.1 Å². The minimum absolute atomic E-state index is 0.118. The van der Waals surface area contributed by atoms with Crippen LogP contribution in [0.3, 0.4) is 0 Å². The summed E-state index contributed by atoms with van der Waals surface area (Å²) in [6.07, 6.45) is -4.47. The van der Waals surface area contributed by atoms with E-state index in [0.717, 1.165) is 10.8 Å². The van der Waals surface area contributed by atoms with Gasteiger partial charge in [0.15, 0.2) is 0 Å². The van der Waals surface area contributed by atoms with Gasteiger partial charge in [-0.15, -0.1) is 0 Å². The predicted octanol–water partition coefficient (Wildman–Crippen LogP) is 4.76. The van der Waals surface area contributed by atoms with Gasteiger partial charge < -0.3 is 5.32 Å². The molecular formula is C16H13F3N2. The SMILES string of the molecule is CNc1c(C)c(C(F)(F)F)nc2c1ccc1ccccc12. The molecule has 3 aromatic rings. The third kappa shape index (κ3) is 2.09. The summed E-state index contributed by atoms with van der Waals surface area (Å²) in [5.74, 6) is 0. The molecule has 0 spiro atoms. The first-order chi connectivity index (χ1) is 9.93. The van der Waals surface area contributed by atoms with Gasteiger partial charge >= 0.3 is 6.18 Å². The molecule has 0 bridgehead atoms. The number of fused-ring (bicyclic) bond motifs is 3. The fourth-order valence-corrected chi connectivity index (χ4v) is 2.69. The van der Waals surface area contributed by atoms with E-state index in [-0.39, 0.29) is 5.56 Å². The quantitative estimate of drug-likeness (QED) is 0.654. The van der Waals surface area contributed by atoms with Crippen LogP contribution in [-0.2, 0) is 6.18 Å². The topological polar surface area (TPSA) is 24.9 Å². The number of hydrogen-bond acceptors (Lipinski definition) is 2. The molecular weight excluding hydrogens is 277 g/mol. The molecule has 2 aromatic carbocycles. The van der Waals surface area contributed by atoms with Gasteiger partial charge in [-0.2, -0.15) is 13.2 Å². The van der Waals surface area contributed by atoms with Crippen molar-refractivity contribution in [2.24, 2.45) is 0 Å². The fraction of sp³-hybridized carbons (Fsp3) is 0.188. The van der Waals surface area contributed by atoms with Crippen LogP contribution in [0.25, 0.3) is 21.7 Å². The van der Waals surface area contributed by atoms with E-state index in [1.807, 2.05) is 24.3 Å². The van der Waals surface area contributed by atoms with Crippen molar-refractivity contribution in [3.63, 3.8) is 0 Å². The molecule has 2 nitrogen and oxygen atoms in total. The maximum Gasteiger partial charge on any atom is 0.433 e. The number of hydrogen-bond donors (Lipinski definition) is 1. The lowest BCUT2D eigenvalue weighted by Gasteiger charge is -2.16. The van der Waals surface area contributed by atoms with Crippen molar-refractivity contribution < 1.29 is 13.2 Å². The van der Waals surface area contributed by atoms with Crippen molar-refractivity contribution in [1.82, 2.24) is 4.98 Å². The second-order valence-corrected chi connectivity index (χ2v) is 4.89. The molecule has 0 aliphatic rings. The molecule has 5 heteroatoms. The monoisotopic (exact) mass is 290 g/mol. The van der Waals surface area contributed by atoms with E-state index in [1.54, 1.807) is 19.2 Å². The largest absolute Gasteiger partial charge is 0.433 e. The van der Waals surface area contributed by atoms with Gasteiger partial charge in [-0.25, -0.2) is 4.98 Å². The zero-order valence-electron chi connectivity index (χ0n) is 11.5. The third-order valence-electron chi connectivity index (χ3n) is 3.64. The number of halogens is 3. The highest BCUT2D eigenvalue weighted by atomic mass is 19.4. The van der Waals surface area contributed by atoms with E-state index < -0.39 is 11.9 Å². The van der Waals surface area contributed by atoms with E-state index >= 15 is 0 Å². The highest BCUT2D eigenvalue weighted by Crippen LogP contribution is 2.38. The van der Waals surface area contributed by atoms with Gasteiger partial charge in [0.2, 0.25) is 0 Å². The zero-order valence-corrected chi connectivity index (χ0v) is 11.5. The zero-order chi connectivity index (χ0) is 15.2. The molecule has 0 saturated heterocycles. The number of benzene rings is 2. The number of nitrogens with one attached hydrogen (secondary N) is 1. The number of rotatable bonds is 1. The lowest BCUT2D eigenvalue weighted by Crippen LogP contribution is -2.12. The fourth-order valence-electron chi connectivity index (χ4n) is 2.69. The third-order valence-corrected chi connectivity index (χ3v) is 3.64. The summed E-state index contributed by atoms with van der Waals surface area (Å²) in [4.78, 5) is 3.92. The summed E-state index contributed by atoms with van der Waals surface area (Å²) >= 11 is 0. The van der Waals surface area contributed by atoms with Crippen molar-refractivity contribution >= 4 is 27.4 Å². The van der Waals surface area contributed by atoms with E-state index in [9.17, 15) is 13.2 Å². The van der Waals surface area contributed by atoms with Gasteiger partial charge in [-0.3, -0.25) is 0 Å². The molecule has 3 rings (SSSR count). The average Bonchev–Trinajstić information content (AvgIpc) is 2.45. The number of aromatic nitrogens is 1. The highest BCUT2D eigenvalue weighted by molar-refractivity contribution is 6.09. The number of anilines is 1. The predicted molar refractivity (Wildman–Crippen MR) is 78.5 cm³/mol. The smallest absolute Gasteiger partial charge is 0.387 e. The first kappa shape index (κ1) is 13.7. The molecule has 0 fully saturated rings. The van der Waals surface area contributed by atoms with Crippen molar-refractivity contribution in [3.8, 4) is 0 Å². The Labute approximate surface area is 119 Å². The van der Waals surface area contributed by atoms with Crippen molar-refractivity contribution in [2.75, 3.05) is 12.4 Å². The first-order valence-corrected chi connectivity index (χ1v) is 6.50. The summed E-state index contributed by atoms with van der Waals surface area (Å²) in [6, 6.07) is 11.0. The Kier molecular flexibility index (Phi) is 3.01. The van der Waals surface area contributed by atoms with E-state index in [4.69, 9.17) is 0 Å². The molecule has 0 unspecified atom stereocenters. The van der Waals surface area contributed by atoms with Gasteiger partial charge in [-0.05, 0) is 12.3 Å². The van der Waals surface area contributed by atoms with Crippen molar-refractivity contribution in [1.29, 1.82) is 0 Å². The Hall–Kier alpha value is -2.30. The molecule has 0 atom stereocenters. The maximum atomic E-state index is 13.2. The van der Waals surface area contributed by atoms with Crippen LogP contribution in [0, 0.1) is 6.92 Å². The number of alkyl halides is 3. The average molecular weight is 290 g/mol. The lowest BCUT2D eigenvalue weighted by molar-refractivity contribution is -0.141. The minimum Gasteiger partial charge on any atom is -0.387 e. The standard InChI is InChI=1S/C16H13F3N2/c1-9-13(20-2)12-8-7-10-5-3-4-6-11(10)14(12)21-15(9)16(17,18)19/h3-8H,1-2H3,(H,20,21). The second kappa shape index (κ2) is 4.62. The first-order valence-electron chi connectivity index (χ1n) is 6.50. The summed E-state index contributed by atoms with van der Waals surface area (Å²) in [7, 11) is 1.62. The number of pyridine rings is 1. The van der Waals surface area contributed by atoms with Gasteiger partial charge in [0.25, 0.3) is 0 Å². The molecule has 21 heavy (non-hydrogen) atoms. The molecule has 0 amide bonds. The van der Waals surface area contributed by atoms with Crippen molar-refractivity contribution in [3.05, 3.63) is 47.7 Å². The van der Waals surface area contributed by atoms with Crippen LogP contribution in [0.5, 0.6) is 0 Å². The van der Waals surface area contributed by atoms with Gasteiger partial charge in [0.1, 0.15) is 5.69 Å². The molecule has 0 saturated carbocycles. The van der Waals surface area contributed by atoms with Crippen LogP contribution < -0.4 is 5.32 Å². The van der Waals surface area contributed by atoms with E-state index in [2.05, 4.69) is 10.3 Å². The van der Waals surface area contributed by atoms with Crippen LogP contribution >= 0.6 is 0 Å². The maximum absolute atomic E-state index is 13.2. The van der Waals surface area contributed by atoms with Gasteiger partial charge in [-0.1, -0.05) is 36.4 Å². The molecule has 1 N–H and O–H groups in total. The Morgan fingerprint density at radius 3 is 2.38 bits per heavy atom. The summed E-state index contributed by atoms with van der Waals surface area (Å²) in [5, 5.41) is 5.16. The minimum atomic E-state index is -4.47. The van der Waals surface area contributed by atoms with Crippen LogP contribution in [-0.4, -0.2) is 12.0 Å². The van der Waals surface area contributed by atoms with Gasteiger partial charge in [0, 0.05) is 29.1 Å². The molecule has 1 heterocycles. The molecule has 0 aliphatic carbocycles. The summed E-state index contributed by atoms with van der Waals surface area (Å²) < 4.78 is 39.6. The normalized spacial score (nSPS) is 12.0. The van der Waals surface area contributed by atoms with Crippen LogP contribution in [0.15, 0.2) is 36.4 Å². The Morgan fingerprint density at radius 1 is 1.00 bits per heavy atom. The van der Waals surface area contributed by atoms with E-state index in [1.165, 1.54) is 6.92 Å². The number of nitrogens with zero attached hydrogens (tertiary/aromatic N) is 1. The summed E-state index contributed by atoms with van der Waals surface area (Å²) in [5.41, 5.74) is 0.122. The summed E-state index contributed by atoms with van der Waals surface area (Å²) in [6.45, 7) is 1.44. The van der Waals surface area contributed by atoms with Crippen LogP contribution in [0.1, 0.15) is 11.3 Å². The Bertz CT molecular complexity index is 838. The molecule has 1 aromatic heterocycles. The van der Waals surface area contributed by atoms with E-state index in [0.29, 0.717) is 16.6 Å². The second-order valence-electron chi connectivity index (χ2n) is 4.89. The molecule has 0 radical (unpaired) electrons. The highest BCUT2D eigenvalue weighted by Gasteiger charge is 2.36. The van der Waals surface area contributed by atoms with Gasteiger partial charge in [0.05, 0.1) is 5.52 Å². The Balaban J connectivity index is 2.53. The van der Waals surface area contributed by atoms with Crippen LogP contribution in [0.4, 0.5) is 18.9 Å². The molecule has 108 valence electrons.